The topological polar surface area (TPSA) is 82.9 Å². The highest BCUT2D eigenvalue weighted by molar-refractivity contribution is 6.75. The summed E-state index contributed by atoms with van der Waals surface area (Å²) in [5, 5.41) is 6.46. The normalized spacial score (nSPS) is 12.6. The van der Waals surface area contributed by atoms with Gasteiger partial charge in [0.15, 0.2) is 17.5 Å². The van der Waals surface area contributed by atoms with Gasteiger partial charge in [-0.1, -0.05) is 151 Å². The van der Waals surface area contributed by atoms with Crippen LogP contribution in [0, 0.1) is 0 Å². The second kappa shape index (κ2) is 16.9. The standard InChI is InChI=1S/C59H57N5O2Si2/c1-58(2,3)67(7,8)65-49-33-31-43(46-27-19-35-60-53(46)49)51-41-25-17-18-26-42(41)52(44-32-34-50(54-47(44)28-20-36-61-54)66-68(9,10)59(4,5)6)48-37-40(29-30-45(48)51)57-63-55(38-21-13-11-14-22-38)62-56(64-57)39-23-15-12-16-24-39/h11-37H,1-10H3. The van der Waals surface area contributed by atoms with Gasteiger partial charge < -0.3 is 8.85 Å². The van der Waals surface area contributed by atoms with Gasteiger partial charge in [0.1, 0.15) is 22.5 Å². The summed E-state index contributed by atoms with van der Waals surface area (Å²) >= 11 is 0. The molecule has 0 spiro atoms. The Morgan fingerprint density at radius 1 is 0.368 bits per heavy atom. The van der Waals surface area contributed by atoms with Crippen LogP contribution < -0.4 is 8.85 Å². The third-order valence-electron chi connectivity index (χ3n) is 14.3. The quantitative estimate of drug-likeness (QED) is 0.105. The minimum Gasteiger partial charge on any atom is -0.542 e. The highest BCUT2D eigenvalue weighted by Crippen LogP contribution is 2.50. The lowest BCUT2D eigenvalue weighted by molar-refractivity contribution is 0.495. The number of benzene rings is 7. The van der Waals surface area contributed by atoms with E-state index in [1.165, 1.54) is 0 Å². The van der Waals surface area contributed by atoms with E-state index in [9.17, 15) is 0 Å². The van der Waals surface area contributed by atoms with Crippen molar-refractivity contribution < 1.29 is 8.85 Å². The van der Waals surface area contributed by atoms with E-state index in [2.05, 4.69) is 147 Å². The number of pyridine rings is 2. The smallest absolute Gasteiger partial charge is 0.250 e. The van der Waals surface area contributed by atoms with Crippen molar-refractivity contribution in [3.63, 3.8) is 0 Å². The van der Waals surface area contributed by atoms with E-state index in [1.807, 2.05) is 85.2 Å². The van der Waals surface area contributed by atoms with Crippen molar-refractivity contribution in [1.29, 1.82) is 0 Å². The molecule has 0 unspecified atom stereocenters. The third-order valence-corrected chi connectivity index (χ3v) is 23.0. The van der Waals surface area contributed by atoms with Crippen LogP contribution in [0.15, 0.2) is 164 Å². The Morgan fingerprint density at radius 3 is 1.19 bits per heavy atom. The van der Waals surface area contributed by atoms with Gasteiger partial charge in [0.2, 0.25) is 0 Å². The van der Waals surface area contributed by atoms with E-state index in [4.69, 9.17) is 33.8 Å². The molecule has 10 rings (SSSR count). The maximum atomic E-state index is 7.03. The van der Waals surface area contributed by atoms with Gasteiger partial charge in [0.25, 0.3) is 16.6 Å². The largest absolute Gasteiger partial charge is 0.542 e. The molecule has 0 bridgehead atoms. The van der Waals surface area contributed by atoms with Gasteiger partial charge in [-0.2, -0.15) is 0 Å². The molecule has 0 saturated heterocycles. The summed E-state index contributed by atoms with van der Waals surface area (Å²) in [6.45, 7) is 22.8. The Labute approximate surface area is 401 Å². The maximum Gasteiger partial charge on any atom is 0.250 e. The molecule has 7 nitrogen and oxygen atoms in total. The van der Waals surface area contributed by atoms with Crippen LogP contribution in [0.5, 0.6) is 11.5 Å². The molecular weight excluding hydrogens is 867 g/mol. The molecule has 338 valence electrons. The summed E-state index contributed by atoms with van der Waals surface area (Å²) in [6, 6.07) is 52.9. The van der Waals surface area contributed by atoms with E-state index < -0.39 is 16.6 Å². The molecule has 0 radical (unpaired) electrons. The SMILES string of the molecule is CC(C)(C)[Si](C)(C)Oc1ccc(-c2c3ccccc3c(-c3ccc(O[Si](C)(C)C(C)(C)C)c4ncccc34)c3cc(-c4nc(-c5ccccc5)nc(-c5ccccc5)n4)ccc23)c2cccnc12. The van der Waals surface area contributed by atoms with E-state index >= 15 is 0 Å². The van der Waals surface area contributed by atoms with Gasteiger partial charge in [-0.3, -0.25) is 9.97 Å². The second-order valence-corrected chi connectivity index (χ2v) is 30.3. The summed E-state index contributed by atoms with van der Waals surface area (Å²) < 4.78 is 14.0. The van der Waals surface area contributed by atoms with Gasteiger partial charge in [-0.25, -0.2) is 15.0 Å². The van der Waals surface area contributed by atoms with Gasteiger partial charge >= 0.3 is 0 Å². The molecule has 10 aromatic rings. The first kappa shape index (κ1) is 44.7. The molecule has 3 aromatic heterocycles. The fourth-order valence-corrected chi connectivity index (χ4v) is 10.6. The highest BCUT2D eigenvalue weighted by Gasteiger charge is 2.40. The Balaban J connectivity index is 1.29. The van der Waals surface area contributed by atoms with Crippen molar-refractivity contribution in [2.75, 3.05) is 0 Å². The lowest BCUT2D eigenvalue weighted by Gasteiger charge is -2.36. The first-order valence-electron chi connectivity index (χ1n) is 23.5. The first-order valence-corrected chi connectivity index (χ1v) is 29.3. The van der Waals surface area contributed by atoms with Gasteiger partial charge in [0.05, 0.1) is 0 Å². The van der Waals surface area contributed by atoms with E-state index in [0.717, 1.165) is 93.8 Å². The van der Waals surface area contributed by atoms with Crippen LogP contribution in [0.25, 0.3) is 99.8 Å². The zero-order valence-corrected chi connectivity index (χ0v) is 42.6. The highest BCUT2D eigenvalue weighted by atomic mass is 28.4. The van der Waals surface area contributed by atoms with Crippen LogP contribution in [0.1, 0.15) is 41.5 Å². The molecule has 0 atom stereocenters. The molecular formula is C59H57N5O2Si2. The van der Waals surface area contributed by atoms with Crippen LogP contribution in [0.4, 0.5) is 0 Å². The summed E-state index contributed by atoms with van der Waals surface area (Å²) in [4.78, 5) is 25.5. The van der Waals surface area contributed by atoms with E-state index in [1.54, 1.807) is 0 Å². The van der Waals surface area contributed by atoms with Gasteiger partial charge in [-0.05, 0) is 123 Å². The fourth-order valence-electron chi connectivity index (χ4n) is 8.59. The summed E-state index contributed by atoms with van der Waals surface area (Å²) in [5.74, 6) is 3.45. The molecule has 68 heavy (non-hydrogen) atoms. The van der Waals surface area contributed by atoms with Crippen molar-refractivity contribution in [3.05, 3.63) is 164 Å². The predicted octanol–water partition coefficient (Wildman–Crippen LogP) is 16.4. The van der Waals surface area contributed by atoms with Crippen LogP contribution in [-0.4, -0.2) is 41.6 Å². The zero-order valence-electron chi connectivity index (χ0n) is 40.6. The molecule has 0 aliphatic heterocycles. The zero-order chi connectivity index (χ0) is 47.6. The first-order chi connectivity index (χ1) is 32.5. The van der Waals surface area contributed by atoms with Crippen LogP contribution in [-0.2, 0) is 0 Å². The molecule has 3 heterocycles. The number of hydrogen-bond donors (Lipinski definition) is 0. The van der Waals surface area contributed by atoms with Gasteiger partial charge in [-0.15, -0.1) is 0 Å². The molecule has 0 fully saturated rings. The van der Waals surface area contributed by atoms with Crippen LogP contribution in [0.3, 0.4) is 0 Å². The summed E-state index contributed by atoms with van der Waals surface area (Å²) in [5.41, 5.74) is 8.78. The number of nitrogens with zero attached hydrogens (tertiary/aromatic N) is 5. The lowest BCUT2D eigenvalue weighted by atomic mass is 9.83. The number of fused-ring (bicyclic) bond motifs is 4. The monoisotopic (exact) mass is 923 g/mol. The average molecular weight is 924 g/mol. The molecule has 0 saturated carbocycles. The summed E-state index contributed by atoms with van der Waals surface area (Å²) in [6.07, 6.45) is 3.74. The number of aromatic nitrogens is 5. The second-order valence-electron chi connectivity index (χ2n) is 20.8. The van der Waals surface area contributed by atoms with Crippen molar-refractivity contribution in [3.8, 4) is 67.9 Å². The van der Waals surface area contributed by atoms with E-state index in [-0.39, 0.29) is 10.1 Å². The Hall–Kier alpha value is -7.08. The van der Waals surface area contributed by atoms with Gasteiger partial charge in [0, 0.05) is 39.9 Å². The average Bonchev–Trinajstić information content (AvgIpc) is 3.33. The van der Waals surface area contributed by atoms with Crippen molar-refractivity contribution >= 4 is 60.0 Å². The molecule has 0 amide bonds. The Morgan fingerprint density at radius 2 is 0.750 bits per heavy atom. The van der Waals surface area contributed by atoms with Crippen LogP contribution in [0.2, 0.25) is 36.3 Å². The van der Waals surface area contributed by atoms with Crippen molar-refractivity contribution in [2.24, 2.45) is 0 Å². The molecule has 0 aliphatic rings. The predicted molar refractivity (Wildman–Crippen MR) is 288 cm³/mol. The van der Waals surface area contributed by atoms with Crippen LogP contribution >= 0.6 is 0 Å². The Kier molecular flexibility index (Phi) is 11.1. The Bertz CT molecular complexity index is 3490. The van der Waals surface area contributed by atoms with Crippen molar-refractivity contribution in [2.45, 2.75) is 77.8 Å². The minimum absolute atomic E-state index is 0.00987. The molecule has 0 aliphatic carbocycles. The molecule has 9 heteroatoms. The number of rotatable bonds is 9. The lowest BCUT2D eigenvalue weighted by Crippen LogP contribution is -2.43. The van der Waals surface area contributed by atoms with E-state index in [0.29, 0.717) is 17.5 Å². The summed E-state index contributed by atoms with van der Waals surface area (Å²) in [7, 11) is -4.42. The maximum absolute atomic E-state index is 7.03. The fraction of sp³-hybridized carbons (Fsp3) is 0.203. The number of hydrogen-bond acceptors (Lipinski definition) is 7. The molecule has 7 aromatic carbocycles. The minimum atomic E-state index is -2.22. The molecule has 0 N–H and O–H groups in total. The third kappa shape index (κ3) is 8.03. The van der Waals surface area contributed by atoms with Crippen molar-refractivity contribution in [1.82, 2.24) is 24.9 Å².